The van der Waals surface area contributed by atoms with Gasteiger partial charge in [-0.1, -0.05) is 42.1 Å². The van der Waals surface area contributed by atoms with Gasteiger partial charge in [-0.25, -0.2) is 4.98 Å². The lowest BCUT2D eigenvalue weighted by Gasteiger charge is -2.43. The molecule has 0 bridgehead atoms. The summed E-state index contributed by atoms with van der Waals surface area (Å²) in [5.41, 5.74) is 3.26. The Labute approximate surface area is 152 Å². The van der Waals surface area contributed by atoms with Gasteiger partial charge >= 0.3 is 0 Å². The molecule has 1 aliphatic rings. The molecule has 1 N–H and O–H groups in total. The second-order valence-corrected chi connectivity index (χ2v) is 7.48. The molecule has 1 aromatic carbocycles. The molecule has 0 unspecified atom stereocenters. The van der Waals surface area contributed by atoms with E-state index in [0.29, 0.717) is 10.6 Å². The van der Waals surface area contributed by atoms with Crippen LogP contribution in [0.1, 0.15) is 41.6 Å². The van der Waals surface area contributed by atoms with Crippen molar-refractivity contribution in [3.05, 3.63) is 58.8 Å². The number of benzene rings is 1. The summed E-state index contributed by atoms with van der Waals surface area (Å²) in [6, 6.07) is 14.2. The van der Waals surface area contributed by atoms with Gasteiger partial charge in [0.25, 0.3) is 0 Å². The number of nitrogens with one attached hydrogen (secondary N) is 1. The molecule has 1 heterocycles. The number of nitrogens with zero attached hydrogens (tertiary/aromatic N) is 2. The summed E-state index contributed by atoms with van der Waals surface area (Å²) in [5.74, 6) is 0.248. The molecule has 128 valence electrons. The van der Waals surface area contributed by atoms with E-state index in [9.17, 15) is 10.1 Å². The van der Waals surface area contributed by atoms with Gasteiger partial charge in [0.2, 0.25) is 5.91 Å². The lowest BCUT2D eigenvalue weighted by molar-refractivity contribution is -0.121. The van der Waals surface area contributed by atoms with Gasteiger partial charge in [0.15, 0.2) is 0 Å². The highest BCUT2D eigenvalue weighted by Crippen LogP contribution is 2.41. The van der Waals surface area contributed by atoms with E-state index in [1.165, 1.54) is 17.3 Å². The third-order valence-corrected chi connectivity index (χ3v) is 5.65. The molecule has 3 rings (SSSR count). The molecule has 0 aliphatic heterocycles. The van der Waals surface area contributed by atoms with Gasteiger partial charge in [-0.15, -0.1) is 0 Å². The molecule has 1 saturated carbocycles. The normalized spacial score (nSPS) is 15.1. The zero-order valence-corrected chi connectivity index (χ0v) is 15.3. The number of aryl methyl sites for hydroxylation is 2. The van der Waals surface area contributed by atoms with Crippen molar-refractivity contribution in [2.24, 2.45) is 0 Å². The van der Waals surface area contributed by atoms with E-state index >= 15 is 0 Å². The first-order valence-electron chi connectivity index (χ1n) is 8.42. The number of hydrogen-bond acceptors (Lipinski definition) is 4. The number of amides is 1. The highest BCUT2D eigenvalue weighted by Gasteiger charge is 2.39. The number of rotatable bonds is 5. The minimum absolute atomic E-state index is 0.0154. The maximum absolute atomic E-state index is 12.5. The largest absolute Gasteiger partial charge is 0.346 e. The second-order valence-electron chi connectivity index (χ2n) is 6.51. The van der Waals surface area contributed by atoms with Crippen LogP contribution in [0.15, 0.2) is 41.4 Å². The predicted octanol–water partition coefficient (Wildman–Crippen LogP) is 3.86. The van der Waals surface area contributed by atoms with E-state index in [2.05, 4.69) is 28.5 Å². The Morgan fingerprint density at radius 2 is 2.04 bits per heavy atom. The average Bonchev–Trinajstić information content (AvgIpc) is 2.56. The van der Waals surface area contributed by atoms with Crippen LogP contribution in [0.3, 0.4) is 0 Å². The molecule has 4 nitrogen and oxygen atoms in total. The number of carbonyl (C=O) groups is 1. The van der Waals surface area contributed by atoms with Crippen molar-refractivity contribution in [3.63, 3.8) is 0 Å². The smallest absolute Gasteiger partial charge is 0.231 e. The van der Waals surface area contributed by atoms with Crippen molar-refractivity contribution in [2.75, 3.05) is 5.75 Å². The van der Waals surface area contributed by atoms with E-state index < -0.39 is 0 Å². The van der Waals surface area contributed by atoms with E-state index in [1.54, 1.807) is 0 Å². The standard InChI is InChI=1S/C20H21N3OS/c1-14-11-15(2)22-19(17(14)12-21)25-13-18(24)23-20(9-6-10-20)16-7-4-3-5-8-16/h3-5,7-8,11H,6,9-10,13H2,1-2H3,(H,23,24). The highest BCUT2D eigenvalue weighted by molar-refractivity contribution is 8.00. The van der Waals surface area contributed by atoms with E-state index in [0.717, 1.165) is 30.5 Å². The summed E-state index contributed by atoms with van der Waals surface area (Å²) in [6.07, 6.45) is 3.07. The summed E-state index contributed by atoms with van der Waals surface area (Å²) < 4.78 is 0. The van der Waals surface area contributed by atoms with Gasteiger partial charge in [0, 0.05) is 5.69 Å². The topological polar surface area (TPSA) is 65.8 Å². The molecule has 0 saturated heterocycles. The molecular formula is C20H21N3OS. The van der Waals surface area contributed by atoms with Crippen LogP contribution in [0.5, 0.6) is 0 Å². The van der Waals surface area contributed by atoms with Crippen LogP contribution in [0.4, 0.5) is 0 Å². The number of hydrogen-bond donors (Lipinski definition) is 1. The Morgan fingerprint density at radius 3 is 2.64 bits per heavy atom. The molecule has 1 aliphatic carbocycles. The SMILES string of the molecule is Cc1cc(C)c(C#N)c(SCC(=O)NC2(c3ccccc3)CCC2)n1. The summed E-state index contributed by atoms with van der Waals surface area (Å²) in [5, 5.41) is 13.2. The summed E-state index contributed by atoms with van der Waals surface area (Å²) in [7, 11) is 0. The van der Waals surface area contributed by atoms with Crippen LogP contribution < -0.4 is 5.32 Å². The van der Waals surface area contributed by atoms with Crippen LogP contribution in [-0.4, -0.2) is 16.6 Å². The molecule has 2 aromatic rings. The highest BCUT2D eigenvalue weighted by atomic mass is 32.2. The molecule has 1 aromatic heterocycles. The number of aromatic nitrogens is 1. The molecule has 5 heteroatoms. The maximum atomic E-state index is 12.5. The minimum atomic E-state index is -0.229. The van der Waals surface area contributed by atoms with Crippen LogP contribution in [0.25, 0.3) is 0 Å². The maximum Gasteiger partial charge on any atom is 0.231 e. The van der Waals surface area contributed by atoms with Gasteiger partial charge < -0.3 is 5.32 Å². The van der Waals surface area contributed by atoms with E-state index in [-0.39, 0.29) is 17.2 Å². The molecule has 0 atom stereocenters. The van der Waals surface area contributed by atoms with Crippen LogP contribution in [-0.2, 0) is 10.3 Å². The van der Waals surface area contributed by atoms with Crippen LogP contribution in [0.2, 0.25) is 0 Å². The zero-order chi connectivity index (χ0) is 17.9. The third-order valence-electron chi connectivity index (χ3n) is 4.68. The third kappa shape index (κ3) is 3.69. The number of nitriles is 1. The zero-order valence-electron chi connectivity index (χ0n) is 14.5. The van der Waals surface area contributed by atoms with Crippen LogP contribution in [0, 0.1) is 25.2 Å². The van der Waals surface area contributed by atoms with Gasteiger partial charge in [-0.2, -0.15) is 5.26 Å². The Balaban J connectivity index is 1.69. The monoisotopic (exact) mass is 351 g/mol. The van der Waals surface area contributed by atoms with Gasteiger partial charge in [0.05, 0.1) is 16.9 Å². The fourth-order valence-electron chi connectivity index (χ4n) is 3.25. The number of carbonyl (C=O) groups excluding carboxylic acids is 1. The Bertz CT molecular complexity index is 823. The Hall–Kier alpha value is -2.32. The molecule has 25 heavy (non-hydrogen) atoms. The van der Waals surface area contributed by atoms with E-state index in [1.807, 2.05) is 38.1 Å². The summed E-state index contributed by atoms with van der Waals surface area (Å²) in [6.45, 7) is 3.80. The molecule has 0 radical (unpaired) electrons. The summed E-state index contributed by atoms with van der Waals surface area (Å²) >= 11 is 1.33. The van der Waals surface area contributed by atoms with E-state index in [4.69, 9.17) is 0 Å². The van der Waals surface area contributed by atoms with Crippen molar-refractivity contribution < 1.29 is 4.79 Å². The predicted molar refractivity (Wildman–Crippen MR) is 99.3 cm³/mol. The van der Waals surface area contributed by atoms with Gasteiger partial charge in [0.1, 0.15) is 11.1 Å². The fraction of sp³-hybridized carbons (Fsp3) is 0.350. The van der Waals surface area contributed by atoms with Crippen molar-refractivity contribution in [1.29, 1.82) is 5.26 Å². The lowest BCUT2D eigenvalue weighted by Crippen LogP contribution is -2.51. The molecular weight excluding hydrogens is 330 g/mol. The first kappa shape index (κ1) is 17.5. The fourth-order valence-corrected chi connectivity index (χ4v) is 4.15. The minimum Gasteiger partial charge on any atom is -0.346 e. The first-order chi connectivity index (χ1) is 12.0. The summed E-state index contributed by atoms with van der Waals surface area (Å²) in [4.78, 5) is 17.0. The Kier molecular flexibility index (Phi) is 5.10. The Morgan fingerprint density at radius 1 is 1.32 bits per heavy atom. The van der Waals surface area contributed by atoms with Crippen molar-refractivity contribution in [2.45, 2.75) is 43.7 Å². The number of pyridine rings is 1. The molecule has 1 amide bonds. The molecule has 0 spiro atoms. The quantitative estimate of drug-likeness (QED) is 0.831. The lowest BCUT2D eigenvalue weighted by atomic mass is 9.72. The first-order valence-corrected chi connectivity index (χ1v) is 9.40. The van der Waals surface area contributed by atoms with Crippen molar-refractivity contribution in [1.82, 2.24) is 10.3 Å². The van der Waals surface area contributed by atoms with Crippen LogP contribution >= 0.6 is 11.8 Å². The molecule has 1 fully saturated rings. The number of thioether (sulfide) groups is 1. The average molecular weight is 351 g/mol. The second kappa shape index (κ2) is 7.28. The van der Waals surface area contributed by atoms with Crippen molar-refractivity contribution >= 4 is 17.7 Å². The van der Waals surface area contributed by atoms with Crippen molar-refractivity contribution in [3.8, 4) is 6.07 Å². The van der Waals surface area contributed by atoms with Gasteiger partial charge in [-0.05, 0) is 50.3 Å². The van der Waals surface area contributed by atoms with Gasteiger partial charge in [-0.3, -0.25) is 4.79 Å².